The maximum Gasteiger partial charge on any atom is 0.191 e. The molecule has 1 heterocycles. The van der Waals surface area contributed by atoms with Crippen LogP contribution in [0.25, 0.3) is 10.9 Å². The summed E-state index contributed by atoms with van der Waals surface area (Å²) < 4.78 is 0. The maximum atomic E-state index is 4.49. The lowest BCUT2D eigenvalue weighted by Gasteiger charge is -2.17. The molecule has 2 N–H and O–H groups in total. The predicted molar refractivity (Wildman–Crippen MR) is 109 cm³/mol. The van der Waals surface area contributed by atoms with Gasteiger partial charge in [-0.15, -0.1) is 24.0 Å². The molecule has 0 aliphatic heterocycles. The zero-order chi connectivity index (χ0) is 15.8. The van der Waals surface area contributed by atoms with Crippen LogP contribution >= 0.6 is 24.0 Å². The molecule has 4 nitrogen and oxygen atoms in total. The molecule has 2 aromatic rings. The Labute approximate surface area is 156 Å². The Bertz CT molecular complexity index is 618. The van der Waals surface area contributed by atoms with Gasteiger partial charge in [0, 0.05) is 31.7 Å². The van der Waals surface area contributed by atoms with Gasteiger partial charge >= 0.3 is 0 Å². The van der Waals surface area contributed by atoms with Crippen LogP contribution in [-0.2, 0) is 6.54 Å². The second-order valence-electron chi connectivity index (χ2n) is 5.48. The lowest BCUT2D eigenvalue weighted by molar-refractivity contribution is 0.481. The third kappa shape index (κ3) is 5.64. The van der Waals surface area contributed by atoms with Crippen LogP contribution in [0.3, 0.4) is 0 Å². The number of halogens is 1. The van der Waals surface area contributed by atoms with Crippen molar-refractivity contribution in [3.63, 3.8) is 0 Å². The molecule has 5 heteroatoms. The Balaban J connectivity index is 0.00000264. The molecule has 0 atom stereocenters. The van der Waals surface area contributed by atoms with E-state index in [2.05, 4.69) is 58.7 Å². The second-order valence-corrected chi connectivity index (χ2v) is 5.48. The minimum Gasteiger partial charge on any atom is -0.356 e. The Hall–Kier alpha value is -1.37. The molecule has 0 radical (unpaired) electrons. The van der Waals surface area contributed by atoms with Gasteiger partial charge in [-0.1, -0.05) is 51.0 Å². The van der Waals surface area contributed by atoms with Gasteiger partial charge in [0.1, 0.15) is 0 Å². The van der Waals surface area contributed by atoms with Crippen LogP contribution in [0.1, 0.15) is 32.3 Å². The van der Waals surface area contributed by atoms with E-state index in [0.29, 0.717) is 5.92 Å². The summed E-state index contributed by atoms with van der Waals surface area (Å²) in [5.41, 5.74) is 2.23. The van der Waals surface area contributed by atoms with Gasteiger partial charge in [0.15, 0.2) is 5.96 Å². The number of fused-ring (bicyclic) bond motifs is 1. The van der Waals surface area contributed by atoms with E-state index in [-0.39, 0.29) is 24.0 Å². The number of nitrogens with zero attached hydrogens (tertiary/aromatic N) is 2. The minimum atomic E-state index is 0. The van der Waals surface area contributed by atoms with Gasteiger partial charge in [0.2, 0.25) is 0 Å². The van der Waals surface area contributed by atoms with Crippen molar-refractivity contribution in [2.45, 2.75) is 33.2 Å². The van der Waals surface area contributed by atoms with E-state index in [4.69, 9.17) is 0 Å². The number of para-hydroxylation sites is 1. The summed E-state index contributed by atoms with van der Waals surface area (Å²) in [5, 5.41) is 7.96. The van der Waals surface area contributed by atoms with Crippen LogP contribution in [0.5, 0.6) is 0 Å². The van der Waals surface area contributed by atoms with Crippen molar-refractivity contribution in [1.82, 2.24) is 15.6 Å². The topological polar surface area (TPSA) is 49.3 Å². The fraction of sp³-hybridized carbons (Fsp3) is 0.444. The average Bonchev–Trinajstić information content (AvgIpc) is 2.58. The lowest BCUT2D eigenvalue weighted by atomic mass is 10.0. The predicted octanol–water partition coefficient (Wildman–Crippen LogP) is 3.95. The van der Waals surface area contributed by atoms with Gasteiger partial charge in [-0.3, -0.25) is 9.98 Å². The number of rotatable bonds is 6. The normalized spacial score (nSPS) is 11.4. The van der Waals surface area contributed by atoms with Crippen LogP contribution in [0.2, 0.25) is 0 Å². The highest BCUT2D eigenvalue weighted by Gasteiger charge is 2.06. The van der Waals surface area contributed by atoms with Crippen molar-refractivity contribution in [3.8, 4) is 0 Å². The van der Waals surface area contributed by atoms with Crippen LogP contribution in [0.4, 0.5) is 0 Å². The van der Waals surface area contributed by atoms with Crippen molar-refractivity contribution in [3.05, 3.63) is 42.1 Å². The lowest BCUT2D eigenvalue weighted by Crippen LogP contribution is -2.39. The number of pyridine rings is 1. The van der Waals surface area contributed by atoms with Crippen LogP contribution in [-0.4, -0.2) is 24.5 Å². The number of benzene rings is 1. The number of hydrogen-bond donors (Lipinski definition) is 2. The molecule has 0 saturated heterocycles. The first-order chi connectivity index (χ1) is 10.8. The number of guanidine groups is 1. The molecule has 0 amide bonds. The van der Waals surface area contributed by atoms with E-state index in [1.54, 1.807) is 0 Å². The summed E-state index contributed by atoms with van der Waals surface area (Å²) in [7, 11) is 1.81. The monoisotopic (exact) mass is 426 g/mol. The van der Waals surface area contributed by atoms with Crippen molar-refractivity contribution in [2.24, 2.45) is 10.9 Å². The Morgan fingerprint density at radius 2 is 1.87 bits per heavy atom. The highest BCUT2D eigenvalue weighted by Crippen LogP contribution is 2.15. The fourth-order valence-corrected chi connectivity index (χ4v) is 2.53. The Morgan fingerprint density at radius 1 is 1.13 bits per heavy atom. The molecular formula is C18H27IN4. The highest BCUT2D eigenvalue weighted by molar-refractivity contribution is 14.0. The molecule has 2 rings (SSSR count). The van der Waals surface area contributed by atoms with Crippen molar-refractivity contribution < 1.29 is 0 Å². The largest absolute Gasteiger partial charge is 0.356 e. The average molecular weight is 426 g/mol. The molecule has 1 aromatic carbocycles. The molecule has 0 aliphatic rings. The van der Waals surface area contributed by atoms with Crippen molar-refractivity contribution >= 4 is 40.8 Å². The zero-order valence-corrected chi connectivity index (χ0v) is 16.5. The van der Waals surface area contributed by atoms with Crippen LogP contribution in [0, 0.1) is 5.92 Å². The molecular weight excluding hydrogens is 399 g/mol. The van der Waals surface area contributed by atoms with Gasteiger partial charge in [-0.25, -0.2) is 0 Å². The first kappa shape index (κ1) is 19.7. The van der Waals surface area contributed by atoms with Crippen LogP contribution < -0.4 is 10.6 Å². The molecule has 1 aromatic heterocycles. The van der Waals surface area contributed by atoms with Gasteiger partial charge < -0.3 is 10.6 Å². The summed E-state index contributed by atoms with van der Waals surface area (Å²) in [6.07, 6.45) is 4.22. The van der Waals surface area contributed by atoms with E-state index < -0.39 is 0 Å². The molecule has 126 valence electrons. The highest BCUT2D eigenvalue weighted by atomic mass is 127. The molecule has 0 aliphatic carbocycles. The standard InChI is InChI=1S/C18H26N4.HI/c1-4-14(5-2)12-21-18(19-3)22-13-16-9-6-8-15-10-7-11-20-17(15)16;/h6-11,14H,4-5,12-13H2,1-3H3,(H2,19,21,22);1H. The van der Waals surface area contributed by atoms with E-state index >= 15 is 0 Å². The van der Waals surface area contributed by atoms with Crippen molar-refractivity contribution in [2.75, 3.05) is 13.6 Å². The van der Waals surface area contributed by atoms with Gasteiger partial charge in [0.05, 0.1) is 5.52 Å². The van der Waals surface area contributed by atoms with Gasteiger partial charge in [-0.05, 0) is 17.5 Å². The molecule has 0 saturated carbocycles. The summed E-state index contributed by atoms with van der Waals surface area (Å²) in [5.74, 6) is 1.54. The van der Waals surface area contributed by atoms with Crippen molar-refractivity contribution in [1.29, 1.82) is 0 Å². The summed E-state index contributed by atoms with van der Waals surface area (Å²) in [6.45, 7) is 6.14. The van der Waals surface area contributed by atoms with Crippen LogP contribution in [0.15, 0.2) is 41.5 Å². The fourth-order valence-electron chi connectivity index (χ4n) is 2.53. The summed E-state index contributed by atoms with van der Waals surface area (Å²) >= 11 is 0. The van der Waals surface area contributed by atoms with E-state index in [1.807, 2.05) is 19.3 Å². The van der Waals surface area contributed by atoms with E-state index in [9.17, 15) is 0 Å². The van der Waals surface area contributed by atoms with E-state index in [0.717, 1.165) is 24.6 Å². The number of hydrogen-bond acceptors (Lipinski definition) is 2. The first-order valence-electron chi connectivity index (χ1n) is 8.05. The van der Waals surface area contributed by atoms with Gasteiger partial charge in [0.25, 0.3) is 0 Å². The SMILES string of the molecule is CCC(CC)CNC(=NC)NCc1cccc2cccnc12.I. The summed E-state index contributed by atoms with van der Waals surface area (Å²) in [4.78, 5) is 8.78. The second kappa shape index (κ2) is 10.4. The molecule has 0 unspecified atom stereocenters. The zero-order valence-electron chi connectivity index (χ0n) is 14.2. The van der Waals surface area contributed by atoms with Gasteiger partial charge in [-0.2, -0.15) is 0 Å². The summed E-state index contributed by atoms with van der Waals surface area (Å²) in [6, 6.07) is 10.3. The molecule has 0 spiro atoms. The Morgan fingerprint density at radius 3 is 2.57 bits per heavy atom. The third-order valence-corrected chi connectivity index (χ3v) is 4.10. The minimum absolute atomic E-state index is 0. The van der Waals surface area contributed by atoms with E-state index in [1.165, 1.54) is 23.8 Å². The molecule has 0 fully saturated rings. The Kier molecular flexibility index (Phi) is 8.91. The molecule has 23 heavy (non-hydrogen) atoms. The number of aliphatic imine (C=N–C) groups is 1. The third-order valence-electron chi connectivity index (χ3n) is 4.10. The quantitative estimate of drug-likeness (QED) is 0.418. The number of aromatic nitrogens is 1. The molecule has 0 bridgehead atoms. The first-order valence-corrected chi connectivity index (χ1v) is 8.05. The smallest absolute Gasteiger partial charge is 0.191 e. The number of nitrogens with one attached hydrogen (secondary N) is 2. The maximum absolute atomic E-state index is 4.49.